The highest BCUT2D eigenvalue weighted by Gasteiger charge is 2.26. The van der Waals surface area contributed by atoms with Crippen molar-refractivity contribution in [3.05, 3.63) is 0 Å². The third-order valence-corrected chi connectivity index (χ3v) is 4.78. The van der Waals surface area contributed by atoms with E-state index in [9.17, 15) is 8.42 Å². The van der Waals surface area contributed by atoms with Gasteiger partial charge in [0.15, 0.2) is 0 Å². The van der Waals surface area contributed by atoms with Gasteiger partial charge >= 0.3 is 0 Å². The molecule has 3 nitrogen and oxygen atoms in total. The average Bonchev–Trinajstić information content (AvgIpc) is 2.01. The van der Waals surface area contributed by atoms with E-state index in [1.54, 1.807) is 20.9 Å². The van der Waals surface area contributed by atoms with Gasteiger partial charge in [-0.1, -0.05) is 13.8 Å². The summed E-state index contributed by atoms with van der Waals surface area (Å²) in [7, 11) is -1.42. The molecule has 86 valence electrons. The summed E-state index contributed by atoms with van der Waals surface area (Å²) in [4.78, 5) is 0. The second-order valence-electron chi connectivity index (χ2n) is 4.59. The second-order valence-corrected chi connectivity index (χ2v) is 7.14. The quantitative estimate of drug-likeness (QED) is 0.713. The molecule has 0 saturated carbocycles. The molecule has 0 aromatic carbocycles. The summed E-state index contributed by atoms with van der Waals surface area (Å²) < 4.78 is 25.1. The van der Waals surface area contributed by atoms with Crippen LogP contribution in [0.1, 0.15) is 41.0 Å². The molecule has 0 aromatic heterocycles. The van der Waals surface area contributed by atoms with Crippen LogP contribution in [0.4, 0.5) is 0 Å². The molecule has 0 aliphatic heterocycles. The molecule has 0 radical (unpaired) electrons. The number of sulfonamides is 1. The molecule has 1 unspecified atom stereocenters. The first-order valence-electron chi connectivity index (χ1n) is 5.16. The largest absolute Gasteiger partial charge is 0.216 e. The van der Waals surface area contributed by atoms with Crippen molar-refractivity contribution in [2.75, 3.05) is 7.05 Å². The van der Waals surface area contributed by atoms with Gasteiger partial charge < -0.3 is 0 Å². The van der Waals surface area contributed by atoms with Crippen LogP contribution in [0.15, 0.2) is 0 Å². The number of nitrogens with zero attached hydrogens (tertiary/aromatic N) is 1. The Bertz CT molecular complexity index is 257. The fourth-order valence-corrected chi connectivity index (χ4v) is 2.67. The van der Waals surface area contributed by atoms with Crippen molar-refractivity contribution in [3.8, 4) is 0 Å². The Kier molecular flexibility index (Phi) is 5.09. The van der Waals surface area contributed by atoms with Crippen molar-refractivity contribution in [1.82, 2.24) is 4.31 Å². The Balaban J connectivity index is 4.54. The van der Waals surface area contributed by atoms with Gasteiger partial charge in [0.25, 0.3) is 0 Å². The predicted octanol–water partition coefficient (Wildman–Crippen LogP) is 2.09. The molecule has 1 atom stereocenters. The van der Waals surface area contributed by atoms with E-state index >= 15 is 0 Å². The summed E-state index contributed by atoms with van der Waals surface area (Å²) in [5, 5.41) is -0.331. The molecule has 0 aliphatic rings. The lowest BCUT2D eigenvalue weighted by Gasteiger charge is -2.27. The van der Waals surface area contributed by atoms with Crippen LogP contribution in [-0.4, -0.2) is 31.1 Å². The highest BCUT2D eigenvalue weighted by Crippen LogP contribution is 2.15. The van der Waals surface area contributed by atoms with Gasteiger partial charge in [0, 0.05) is 13.1 Å². The maximum absolute atomic E-state index is 11.8. The molecule has 0 amide bonds. The van der Waals surface area contributed by atoms with Crippen LogP contribution in [0.2, 0.25) is 0 Å². The minimum atomic E-state index is -3.09. The van der Waals surface area contributed by atoms with E-state index in [1.165, 1.54) is 4.31 Å². The van der Waals surface area contributed by atoms with Crippen molar-refractivity contribution in [1.29, 1.82) is 0 Å². The van der Waals surface area contributed by atoms with Gasteiger partial charge in [-0.3, -0.25) is 0 Å². The van der Waals surface area contributed by atoms with Crippen LogP contribution in [0, 0.1) is 5.92 Å². The average molecular weight is 221 g/mol. The molecule has 0 bridgehead atoms. The lowest BCUT2D eigenvalue weighted by atomic mass is 10.1. The van der Waals surface area contributed by atoms with Crippen molar-refractivity contribution < 1.29 is 8.42 Å². The fourth-order valence-electron chi connectivity index (χ4n) is 1.41. The van der Waals surface area contributed by atoms with Gasteiger partial charge in [-0.2, -0.15) is 0 Å². The number of rotatable bonds is 5. The molecule has 0 spiro atoms. The summed E-state index contributed by atoms with van der Waals surface area (Å²) in [5.74, 6) is 0.523. The molecule has 0 aliphatic carbocycles. The van der Waals surface area contributed by atoms with Crippen molar-refractivity contribution >= 4 is 10.0 Å². The number of hydrogen-bond donors (Lipinski definition) is 0. The van der Waals surface area contributed by atoms with Crippen LogP contribution in [0.5, 0.6) is 0 Å². The van der Waals surface area contributed by atoms with Gasteiger partial charge in [0.2, 0.25) is 10.0 Å². The summed E-state index contributed by atoms with van der Waals surface area (Å²) in [5.41, 5.74) is 0. The molecule has 0 N–H and O–H groups in total. The third kappa shape index (κ3) is 3.58. The molecular formula is C10H23NO2S. The maximum atomic E-state index is 11.8. The molecule has 4 heteroatoms. The van der Waals surface area contributed by atoms with E-state index in [4.69, 9.17) is 0 Å². The zero-order valence-electron chi connectivity index (χ0n) is 10.1. The van der Waals surface area contributed by atoms with Crippen LogP contribution < -0.4 is 0 Å². The molecular weight excluding hydrogens is 198 g/mol. The minimum absolute atomic E-state index is 0.0856. The molecule has 0 fully saturated rings. The van der Waals surface area contributed by atoms with Gasteiger partial charge in [-0.25, -0.2) is 12.7 Å². The first-order valence-corrected chi connectivity index (χ1v) is 6.66. The summed E-state index contributed by atoms with van der Waals surface area (Å²) in [6, 6.07) is 0.0856. The Morgan fingerprint density at radius 1 is 1.07 bits per heavy atom. The second kappa shape index (κ2) is 5.12. The van der Waals surface area contributed by atoms with Gasteiger partial charge in [0.1, 0.15) is 0 Å². The van der Waals surface area contributed by atoms with Crippen LogP contribution in [0.25, 0.3) is 0 Å². The highest BCUT2D eigenvalue weighted by atomic mass is 32.2. The van der Waals surface area contributed by atoms with Crippen molar-refractivity contribution in [2.45, 2.75) is 52.3 Å². The molecule has 14 heavy (non-hydrogen) atoms. The third-order valence-electron chi connectivity index (χ3n) is 2.43. The SMILES string of the molecule is CC(C)CC(C)N(C)S(=O)(=O)C(C)C. The van der Waals surface area contributed by atoms with Crippen molar-refractivity contribution in [2.24, 2.45) is 5.92 Å². The van der Waals surface area contributed by atoms with E-state index in [2.05, 4.69) is 13.8 Å². The van der Waals surface area contributed by atoms with Crippen LogP contribution >= 0.6 is 0 Å². The number of hydrogen-bond acceptors (Lipinski definition) is 2. The van der Waals surface area contributed by atoms with E-state index in [0.717, 1.165) is 6.42 Å². The molecule has 0 heterocycles. The first kappa shape index (κ1) is 13.9. The van der Waals surface area contributed by atoms with E-state index in [1.807, 2.05) is 6.92 Å². The first-order chi connectivity index (χ1) is 6.19. The zero-order valence-corrected chi connectivity index (χ0v) is 10.9. The lowest BCUT2D eigenvalue weighted by molar-refractivity contribution is 0.335. The summed E-state index contributed by atoms with van der Waals surface area (Å²) in [6.45, 7) is 9.60. The Hall–Kier alpha value is -0.0900. The van der Waals surface area contributed by atoms with Gasteiger partial charge in [-0.15, -0.1) is 0 Å². The molecule has 0 aromatic rings. The molecule has 0 rings (SSSR count). The standard InChI is InChI=1S/C10H23NO2S/c1-8(2)7-10(5)11(6)14(12,13)9(3)4/h8-10H,7H2,1-6H3. The summed E-state index contributed by atoms with van der Waals surface area (Å²) in [6.07, 6.45) is 0.905. The topological polar surface area (TPSA) is 37.4 Å². The van der Waals surface area contributed by atoms with E-state index < -0.39 is 10.0 Å². The smallest absolute Gasteiger partial charge is 0.212 e. The van der Waals surface area contributed by atoms with Gasteiger partial charge in [0.05, 0.1) is 5.25 Å². The normalized spacial score (nSPS) is 15.5. The maximum Gasteiger partial charge on any atom is 0.216 e. The van der Waals surface area contributed by atoms with Crippen LogP contribution in [0.3, 0.4) is 0 Å². The predicted molar refractivity (Wildman–Crippen MR) is 60.7 cm³/mol. The zero-order chi connectivity index (χ0) is 11.5. The highest BCUT2D eigenvalue weighted by molar-refractivity contribution is 7.89. The van der Waals surface area contributed by atoms with Crippen LogP contribution in [-0.2, 0) is 10.0 Å². The fraction of sp³-hybridized carbons (Fsp3) is 1.00. The Labute approximate surface area is 88.5 Å². The summed E-state index contributed by atoms with van der Waals surface area (Å²) >= 11 is 0. The van der Waals surface area contributed by atoms with Gasteiger partial charge in [-0.05, 0) is 33.1 Å². The van der Waals surface area contributed by atoms with Crippen molar-refractivity contribution in [3.63, 3.8) is 0 Å². The Morgan fingerprint density at radius 2 is 1.50 bits per heavy atom. The Morgan fingerprint density at radius 3 is 1.79 bits per heavy atom. The lowest BCUT2D eigenvalue weighted by Crippen LogP contribution is -2.39. The molecule has 0 saturated heterocycles. The minimum Gasteiger partial charge on any atom is -0.212 e. The van der Waals surface area contributed by atoms with E-state index in [-0.39, 0.29) is 11.3 Å². The monoisotopic (exact) mass is 221 g/mol. The van der Waals surface area contributed by atoms with E-state index in [0.29, 0.717) is 5.92 Å².